The molecule has 1 heterocycles. The molecule has 0 amide bonds. The van der Waals surface area contributed by atoms with Gasteiger partial charge >= 0.3 is 0 Å². The van der Waals surface area contributed by atoms with Crippen LogP contribution in [0.1, 0.15) is 5.56 Å². The molecule has 5 heteroatoms. The summed E-state index contributed by atoms with van der Waals surface area (Å²) in [6.45, 7) is 0. The average molecular weight is 151 g/mol. The van der Waals surface area contributed by atoms with Crippen molar-refractivity contribution >= 4 is 0 Å². The monoisotopic (exact) mass is 151 g/mol. The Morgan fingerprint density at radius 3 is 2.91 bits per heavy atom. The molecule has 0 spiro atoms. The van der Waals surface area contributed by atoms with Crippen LogP contribution in [0.5, 0.6) is 5.75 Å². The second-order valence-electron chi connectivity index (χ2n) is 1.95. The van der Waals surface area contributed by atoms with Crippen LogP contribution in [0.3, 0.4) is 0 Å². The van der Waals surface area contributed by atoms with Crippen molar-refractivity contribution in [2.75, 3.05) is 0 Å². The molecular weight excluding hydrogens is 146 g/mol. The van der Waals surface area contributed by atoms with E-state index in [-0.39, 0.29) is 11.3 Å². The maximum Gasteiger partial charge on any atom is 0.288 e. The van der Waals surface area contributed by atoms with Gasteiger partial charge in [-0.05, 0) is 0 Å². The first-order valence-electron chi connectivity index (χ1n) is 2.82. The van der Waals surface area contributed by atoms with E-state index in [0.29, 0.717) is 0 Å². The van der Waals surface area contributed by atoms with Gasteiger partial charge in [0.15, 0.2) is 11.3 Å². The quantitative estimate of drug-likeness (QED) is 0.534. The van der Waals surface area contributed by atoms with Gasteiger partial charge in [-0.1, -0.05) is 0 Å². The second kappa shape index (κ2) is 2.42. The molecule has 0 fully saturated rings. The van der Waals surface area contributed by atoms with Gasteiger partial charge in [-0.2, -0.15) is 10.4 Å². The Kier molecular flexibility index (Phi) is 1.60. The zero-order chi connectivity index (χ0) is 8.43. The van der Waals surface area contributed by atoms with Crippen LogP contribution in [0.2, 0.25) is 0 Å². The van der Waals surface area contributed by atoms with Crippen molar-refractivity contribution in [2.45, 2.75) is 0 Å². The van der Waals surface area contributed by atoms with Crippen LogP contribution >= 0.6 is 0 Å². The van der Waals surface area contributed by atoms with Gasteiger partial charge in [0, 0.05) is 7.05 Å². The number of hydrogen-bond acceptors (Lipinski definition) is 4. The minimum atomic E-state index is -0.590. The molecule has 11 heavy (non-hydrogen) atoms. The van der Waals surface area contributed by atoms with Gasteiger partial charge in [0.05, 0.1) is 6.20 Å². The lowest BCUT2D eigenvalue weighted by Gasteiger charge is -1.96. The fourth-order valence-electron chi connectivity index (χ4n) is 0.635. The summed E-state index contributed by atoms with van der Waals surface area (Å²) in [6.07, 6.45) is 1.06. The smallest absolute Gasteiger partial charge is 0.288 e. The van der Waals surface area contributed by atoms with E-state index < -0.39 is 5.56 Å². The Morgan fingerprint density at radius 2 is 2.45 bits per heavy atom. The van der Waals surface area contributed by atoms with Crippen molar-refractivity contribution < 1.29 is 5.11 Å². The number of nitriles is 1. The number of aromatic nitrogens is 2. The third-order valence-electron chi connectivity index (χ3n) is 1.23. The van der Waals surface area contributed by atoms with Crippen molar-refractivity contribution in [2.24, 2.45) is 7.05 Å². The lowest BCUT2D eigenvalue weighted by atomic mass is 10.3. The molecule has 0 aromatic carbocycles. The van der Waals surface area contributed by atoms with E-state index in [4.69, 9.17) is 10.4 Å². The molecule has 0 bridgehead atoms. The Bertz CT molecular complexity index is 374. The van der Waals surface area contributed by atoms with E-state index >= 15 is 0 Å². The molecule has 0 aliphatic heterocycles. The maximum atomic E-state index is 10.9. The van der Waals surface area contributed by atoms with Crippen LogP contribution in [0.25, 0.3) is 0 Å². The zero-order valence-corrected chi connectivity index (χ0v) is 5.77. The summed E-state index contributed by atoms with van der Waals surface area (Å²) in [7, 11) is 1.41. The minimum Gasteiger partial charge on any atom is -0.505 e. The number of hydrogen-bond donors (Lipinski definition) is 1. The Balaban J connectivity index is 3.58. The van der Waals surface area contributed by atoms with Crippen LogP contribution in [0.4, 0.5) is 0 Å². The van der Waals surface area contributed by atoms with Crippen LogP contribution < -0.4 is 5.56 Å². The van der Waals surface area contributed by atoms with E-state index in [9.17, 15) is 4.79 Å². The van der Waals surface area contributed by atoms with Gasteiger partial charge in [-0.3, -0.25) is 4.79 Å². The summed E-state index contributed by atoms with van der Waals surface area (Å²) in [4.78, 5) is 10.9. The average Bonchev–Trinajstić information content (AvgIpc) is 1.99. The van der Waals surface area contributed by atoms with Gasteiger partial charge in [0.25, 0.3) is 5.56 Å². The summed E-state index contributed by atoms with van der Waals surface area (Å²) in [5.74, 6) is -0.379. The predicted octanol–water partition coefficient (Wildman–Crippen LogP) is -0.642. The summed E-state index contributed by atoms with van der Waals surface area (Å²) >= 11 is 0. The minimum absolute atomic E-state index is 0.275. The van der Waals surface area contributed by atoms with E-state index in [1.54, 1.807) is 6.07 Å². The molecule has 1 rings (SSSR count). The van der Waals surface area contributed by atoms with E-state index in [1.165, 1.54) is 7.05 Å². The molecule has 0 saturated carbocycles. The second-order valence-corrected chi connectivity index (χ2v) is 1.95. The molecule has 0 radical (unpaired) electrons. The molecule has 56 valence electrons. The molecule has 0 saturated heterocycles. The predicted molar refractivity (Wildman–Crippen MR) is 35.9 cm³/mol. The first kappa shape index (κ1) is 7.28. The fraction of sp³-hybridized carbons (Fsp3) is 0.167. The first-order valence-corrected chi connectivity index (χ1v) is 2.82. The van der Waals surface area contributed by atoms with Crippen molar-refractivity contribution in [3.8, 4) is 11.8 Å². The van der Waals surface area contributed by atoms with E-state index in [2.05, 4.69) is 5.10 Å². The van der Waals surface area contributed by atoms with Crippen molar-refractivity contribution in [1.29, 1.82) is 5.26 Å². The van der Waals surface area contributed by atoms with Gasteiger partial charge < -0.3 is 5.11 Å². The third kappa shape index (κ3) is 1.05. The highest BCUT2D eigenvalue weighted by Gasteiger charge is 2.06. The summed E-state index contributed by atoms with van der Waals surface area (Å²) in [6, 6.07) is 1.58. The van der Waals surface area contributed by atoms with Crippen LogP contribution in [-0.4, -0.2) is 14.9 Å². The van der Waals surface area contributed by atoms with Crippen LogP contribution in [-0.2, 0) is 7.05 Å². The Hall–Kier alpha value is -1.83. The van der Waals surface area contributed by atoms with E-state index in [0.717, 1.165) is 10.9 Å². The fourth-order valence-corrected chi connectivity index (χ4v) is 0.635. The van der Waals surface area contributed by atoms with Gasteiger partial charge in [0.2, 0.25) is 0 Å². The van der Waals surface area contributed by atoms with Gasteiger partial charge in [-0.15, -0.1) is 0 Å². The molecule has 1 aromatic heterocycles. The molecule has 0 unspecified atom stereocenters. The Morgan fingerprint density at radius 1 is 1.82 bits per heavy atom. The summed E-state index contributed by atoms with van der Waals surface area (Å²) in [5, 5.41) is 20.8. The maximum absolute atomic E-state index is 10.9. The molecular formula is C6H5N3O2. The number of rotatable bonds is 0. The normalized spacial score (nSPS) is 9.09. The summed E-state index contributed by atoms with van der Waals surface area (Å²) < 4.78 is 0.984. The zero-order valence-electron chi connectivity index (χ0n) is 5.77. The molecule has 0 aliphatic carbocycles. The number of aryl methyl sites for hydroxylation is 1. The molecule has 0 atom stereocenters. The molecule has 1 N–H and O–H groups in total. The lowest BCUT2D eigenvalue weighted by Crippen LogP contribution is -2.21. The Labute approximate surface area is 62.1 Å². The largest absolute Gasteiger partial charge is 0.505 e. The number of nitrogens with zero attached hydrogens (tertiary/aromatic N) is 3. The van der Waals surface area contributed by atoms with Crippen LogP contribution in [0, 0.1) is 11.3 Å². The lowest BCUT2D eigenvalue weighted by molar-refractivity contribution is 0.462. The standard InChI is InChI=1S/C6H5N3O2/c1-9-6(11)4(2-7)5(10)3-8-9/h3,10H,1H3. The van der Waals surface area contributed by atoms with Crippen molar-refractivity contribution in [3.63, 3.8) is 0 Å². The van der Waals surface area contributed by atoms with Gasteiger partial charge in [0.1, 0.15) is 6.07 Å². The first-order chi connectivity index (χ1) is 5.16. The summed E-state index contributed by atoms with van der Waals surface area (Å²) in [5.41, 5.74) is -0.866. The highest BCUT2D eigenvalue weighted by molar-refractivity contribution is 5.37. The molecule has 0 aliphatic rings. The number of aromatic hydroxyl groups is 1. The topological polar surface area (TPSA) is 78.9 Å². The van der Waals surface area contributed by atoms with Crippen molar-refractivity contribution in [3.05, 3.63) is 22.1 Å². The van der Waals surface area contributed by atoms with Crippen LogP contribution in [0.15, 0.2) is 11.0 Å². The SMILES string of the molecule is Cn1ncc(O)c(C#N)c1=O. The van der Waals surface area contributed by atoms with E-state index in [1.807, 2.05) is 0 Å². The molecule has 1 aromatic rings. The van der Waals surface area contributed by atoms with Gasteiger partial charge in [-0.25, -0.2) is 4.68 Å². The molecule has 5 nitrogen and oxygen atoms in total. The highest BCUT2D eigenvalue weighted by atomic mass is 16.3. The highest BCUT2D eigenvalue weighted by Crippen LogP contribution is 2.06. The van der Waals surface area contributed by atoms with Crippen molar-refractivity contribution in [1.82, 2.24) is 9.78 Å². The third-order valence-corrected chi connectivity index (χ3v) is 1.23.